The van der Waals surface area contributed by atoms with Gasteiger partial charge in [0.2, 0.25) is 0 Å². The largest absolute Gasteiger partial charge is 0.466 e. The van der Waals surface area contributed by atoms with Crippen molar-refractivity contribution in [1.82, 2.24) is 0 Å². The van der Waals surface area contributed by atoms with E-state index in [1.54, 1.807) is 43.3 Å². The monoisotopic (exact) mass is 396 g/mol. The van der Waals surface area contributed by atoms with Crippen LogP contribution in [0.3, 0.4) is 0 Å². The molecule has 2 aliphatic heterocycles. The minimum absolute atomic E-state index is 0.0340. The Balaban J connectivity index is 1.64. The smallest absolute Gasteiger partial charge is 0.309 e. The number of fused-ring (bicyclic) bond motifs is 1. The van der Waals surface area contributed by atoms with E-state index < -0.39 is 17.6 Å². The van der Waals surface area contributed by atoms with Gasteiger partial charge in [0.1, 0.15) is 11.5 Å². The van der Waals surface area contributed by atoms with E-state index >= 15 is 0 Å². The third-order valence-corrected chi connectivity index (χ3v) is 5.44. The van der Waals surface area contributed by atoms with Crippen LogP contribution in [0.15, 0.2) is 42.5 Å². The van der Waals surface area contributed by atoms with Crippen LogP contribution in [0.2, 0.25) is 0 Å². The van der Waals surface area contributed by atoms with E-state index in [4.69, 9.17) is 4.74 Å². The van der Waals surface area contributed by atoms with Gasteiger partial charge in [-0.25, -0.2) is 9.29 Å². The van der Waals surface area contributed by atoms with Gasteiger partial charge in [0, 0.05) is 13.1 Å². The molecule has 0 radical (unpaired) electrons. The second-order valence-corrected chi connectivity index (χ2v) is 7.11. The number of carbonyl (C=O) groups is 3. The summed E-state index contributed by atoms with van der Waals surface area (Å²) in [5.41, 5.74) is 0.982. The average molecular weight is 396 g/mol. The molecule has 0 unspecified atom stereocenters. The van der Waals surface area contributed by atoms with Gasteiger partial charge < -0.3 is 9.64 Å². The summed E-state index contributed by atoms with van der Waals surface area (Å²) < 4.78 is 20.0. The van der Waals surface area contributed by atoms with Crippen molar-refractivity contribution in [1.29, 1.82) is 0 Å². The number of amides is 2. The number of anilines is 2. The van der Waals surface area contributed by atoms with Crippen LogP contribution in [0.25, 0.3) is 0 Å². The first kappa shape index (κ1) is 19.1. The van der Waals surface area contributed by atoms with Crippen LogP contribution in [-0.2, 0) is 9.53 Å². The van der Waals surface area contributed by atoms with Crippen LogP contribution in [0.5, 0.6) is 0 Å². The maximum atomic E-state index is 14.9. The third kappa shape index (κ3) is 3.26. The Bertz CT molecular complexity index is 948. The number of esters is 1. The highest BCUT2D eigenvalue weighted by Crippen LogP contribution is 2.38. The fraction of sp³-hybridized carbons (Fsp3) is 0.318. The Hall–Kier alpha value is -3.22. The van der Waals surface area contributed by atoms with Crippen molar-refractivity contribution in [2.45, 2.75) is 19.8 Å². The van der Waals surface area contributed by atoms with E-state index in [0.717, 1.165) is 4.90 Å². The number of hydrogen-bond donors (Lipinski definition) is 0. The summed E-state index contributed by atoms with van der Waals surface area (Å²) in [5.74, 6) is -2.10. The number of nitrogens with zero attached hydrogens (tertiary/aromatic N) is 2. The van der Waals surface area contributed by atoms with Gasteiger partial charge >= 0.3 is 5.97 Å². The van der Waals surface area contributed by atoms with Gasteiger partial charge in [-0.1, -0.05) is 18.2 Å². The molecule has 1 saturated heterocycles. The van der Waals surface area contributed by atoms with E-state index in [2.05, 4.69) is 0 Å². The molecule has 150 valence electrons. The van der Waals surface area contributed by atoms with Crippen LogP contribution < -0.4 is 9.80 Å². The Morgan fingerprint density at radius 3 is 2.24 bits per heavy atom. The zero-order valence-corrected chi connectivity index (χ0v) is 16.1. The zero-order valence-electron chi connectivity index (χ0n) is 16.1. The van der Waals surface area contributed by atoms with Crippen molar-refractivity contribution in [2.75, 3.05) is 29.5 Å². The lowest BCUT2D eigenvalue weighted by Crippen LogP contribution is -2.39. The molecular formula is C22H21FN2O4. The minimum Gasteiger partial charge on any atom is -0.466 e. The highest BCUT2D eigenvalue weighted by Gasteiger charge is 2.40. The van der Waals surface area contributed by atoms with Crippen LogP contribution >= 0.6 is 0 Å². The molecule has 4 rings (SSSR count). The normalized spacial score (nSPS) is 16.9. The Morgan fingerprint density at radius 2 is 1.66 bits per heavy atom. The van der Waals surface area contributed by atoms with E-state index in [1.165, 1.54) is 6.07 Å². The first-order valence-electron chi connectivity index (χ1n) is 9.70. The summed E-state index contributed by atoms with van der Waals surface area (Å²) >= 11 is 0. The van der Waals surface area contributed by atoms with E-state index in [-0.39, 0.29) is 28.7 Å². The van der Waals surface area contributed by atoms with Crippen molar-refractivity contribution in [3.63, 3.8) is 0 Å². The first-order valence-corrected chi connectivity index (χ1v) is 9.70. The first-order chi connectivity index (χ1) is 14.0. The van der Waals surface area contributed by atoms with Crippen LogP contribution in [0, 0.1) is 11.7 Å². The molecule has 0 atom stereocenters. The maximum absolute atomic E-state index is 14.9. The second kappa shape index (κ2) is 7.66. The highest BCUT2D eigenvalue weighted by molar-refractivity contribution is 6.35. The molecule has 0 spiro atoms. The third-order valence-electron chi connectivity index (χ3n) is 5.44. The Kier molecular flexibility index (Phi) is 5.05. The molecule has 0 bridgehead atoms. The molecule has 2 heterocycles. The number of hydrogen-bond acceptors (Lipinski definition) is 5. The number of benzene rings is 2. The van der Waals surface area contributed by atoms with Crippen LogP contribution in [0.1, 0.15) is 40.5 Å². The SMILES string of the molecule is CCOC(=O)C1CCN(c2cccc(F)c2N2C(=O)c3ccccc3C2=O)CC1. The number of carbonyl (C=O) groups excluding carboxylic acids is 3. The van der Waals surface area contributed by atoms with E-state index in [0.29, 0.717) is 38.2 Å². The predicted molar refractivity (Wildman–Crippen MR) is 106 cm³/mol. The van der Waals surface area contributed by atoms with Gasteiger partial charge in [-0.3, -0.25) is 14.4 Å². The molecule has 29 heavy (non-hydrogen) atoms. The van der Waals surface area contributed by atoms with Gasteiger partial charge in [-0.15, -0.1) is 0 Å². The van der Waals surface area contributed by atoms with Gasteiger partial charge in [0.05, 0.1) is 29.3 Å². The van der Waals surface area contributed by atoms with Crippen molar-refractivity contribution in [2.24, 2.45) is 5.92 Å². The average Bonchev–Trinajstić information content (AvgIpc) is 2.99. The molecule has 2 aromatic carbocycles. The topological polar surface area (TPSA) is 66.9 Å². The fourth-order valence-electron chi connectivity index (χ4n) is 3.99. The molecule has 2 aliphatic rings. The Morgan fingerprint density at radius 1 is 1.03 bits per heavy atom. The molecule has 2 aromatic rings. The number of piperidine rings is 1. The molecular weight excluding hydrogens is 375 g/mol. The molecule has 1 fully saturated rings. The number of halogens is 1. The predicted octanol–water partition coefficient (Wildman–Crippen LogP) is 3.41. The zero-order chi connectivity index (χ0) is 20.5. The standard InChI is InChI=1S/C22H21FN2O4/c1-2-29-22(28)14-10-12-24(13-11-14)18-9-5-8-17(23)19(18)25-20(26)15-6-3-4-7-16(15)21(25)27/h3-9,14H,2,10-13H2,1H3. The lowest BCUT2D eigenvalue weighted by atomic mass is 9.96. The summed E-state index contributed by atoms with van der Waals surface area (Å²) in [6.07, 6.45) is 1.13. The van der Waals surface area contributed by atoms with Gasteiger partial charge in [-0.05, 0) is 44.0 Å². The van der Waals surface area contributed by atoms with Crippen molar-refractivity contribution >= 4 is 29.2 Å². The summed E-state index contributed by atoms with van der Waals surface area (Å²) in [6.45, 7) is 3.12. The molecule has 0 N–H and O–H groups in total. The van der Waals surface area contributed by atoms with Crippen LogP contribution in [-0.4, -0.2) is 37.5 Å². The summed E-state index contributed by atoms with van der Waals surface area (Å²) in [6, 6.07) is 11.0. The maximum Gasteiger partial charge on any atom is 0.309 e. The van der Waals surface area contributed by atoms with Crippen molar-refractivity contribution < 1.29 is 23.5 Å². The van der Waals surface area contributed by atoms with Crippen molar-refractivity contribution in [3.8, 4) is 0 Å². The molecule has 7 heteroatoms. The fourth-order valence-corrected chi connectivity index (χ4v) is 3.99. The number of rotatable bonds is 4. The van der Waals surface area contributed by atoms with Crippen LogP contribution in [0.4, 0.5) is 15.8 Å². The molecule has 0 aliphatic carbocycles. The van der Waals surface area contributed by atoms with Gasteiger partial charge in [0.25, 0.3) is 11.8 Å². The summed E-state index contributed by atoms with van der Waals surface area (Å²) in [4.78, 5) is 40.6. The van der Waals surface area contributed by atoms with E-state index in [9.17, 15) is 18.8 Å². The second-order valence-electron chi connectivity index (χ2n) is 7.11. The molecule has 0 aromatic heterocycles. The lowest BCUT2D eigenvalue weighted by molar-refractivity contribution is -0.148. The lowest BCUT2D eigenvalue weighted by Gasteiger charge is -2.34. The molecule has 6 nitrogen and oxygen atoms in total. The molecule has 2 amide bonds. The number of imide groups is 1. The number of para-hydroxylation sites is 1. The van der Waals surface area contributed by atoms with Crippen molar-refractivity contribution in [3.05, 3.63) is 59.4 Å². The summed E-state index contributed by atoms with van der Waals surface area (Å²) in [7, 11) is 0. The summed E-state index contributed by atoms with van der Waals surface area (Å²) in [5, 5.41) is 0. The van der Waals surface area contributed by atoms with Gasteiger partial charge in [0.15, 0.2) is 0 Å². The Labute approximate surface area is 167 Å². The number of ether oxygens (including phenoxy) is 1. The highest BCUT2D eigenvalue weighted by atomic mass is 19.1. The quantitative estimate of drug-likeness (QED) is 0.585. The van der Waals surface area contributed by atoms with E-state index in [1.807, 2.05) is 4.90 Å². The van der Waals surface area contributed by atoms with Gasteiger partial charge in [-0.2, -0.15) is 0 Å². The molecule has 0 saturated carbocycles. The minimum atomic E-state index is -0.635.